The number of fused-ring (bicyclic) bond motifs is 1. The number of nitrogens with one attached hydrogen (secondary N) is 1. The Morgan fingerprint density at radius 3 is 2.79 bits per heavy atom. The van der Waals surface area contributed by atoms with E-state index >= 15 is 0 Å². The molecule has 14 heavy (non-hydrogen) atoms. The van der Waals surface area contributed by atoms with Gasteiger partial charge in [0.05, 0.1) is 5.69 Å². The van der Waals surface area contributed by atoms with Crippen LogP contribution in [0.4, 0.5) is 11.6 Å². The van der Waals surface area contributed by atoms with Crippen molar-refractivity contribution in [2.24, 2.45) is 4.99 Å². The highest BCUT2D eigenvalue weighted by Crippen LogP contribution is 2.25. The van der Waals surface area contributed by atoms with Crippen LogP contribution in [0.15, 0.2) is 9.79 Å². The third kappa shape index (κ3) is 1.66. The fraction of sp³-hybridized carbons (Fsp3) is 0.444. The monoisotopic (exact) mass is 194 g/mol. The van der Waals surface area contributed by atoms with Crippen LogP contribution in [0.3, 0.4) is 0 Å². The quantitative estimate of drug-likeness (QED) is 0.650. The van der Waals surface area contributed by atoms with Gasteiger partial charge >= 0.3 is 0 Å². The SMILES string of the molecule is CC.CC1C=Nc2c1nc(N)[nH]c2=O. The number of hydrogen-bond donors (Lipinski definition) is 2. The van der Waals surface area contributed by atoms with Crippen molar-refractivity contribution in [1.29, 1.82) is 0 Å². The average molecular weight is 194 g/mol. The van der Waals surface area contributed by atoms with Crippen molar-refractivity contribution in [2.45, 2.75) is 26.7 Å². The minimum Gasteiger partial charge on any atom is -0.369 e. The third-order valence-corrected chi connectivity index (χ3v) is 1.80. The molecule has 1 aliphatic rings. The fourth-order valence-corrected chi connectivity index (χ4v) is 1.20. The summed E-state index contributed by atoms with van der Waals surface area (Å²) in [5.74, 6) is 0.237. The van der Waals surface area contributed by atoms with Crippen LogP contribution >= 0.6 is 0 Å². The van der Waals surface area contributed by atoms with E-state index in [0.717, 1.165) is 0 Å². The van der Waals surface area contributed by atoms with Gasteiger partial charge in [0.25, 0.3) is 5.56 Å². The lowest BCUT2D eigenvalue weighted by Gasteiger charge is -2.00. The lowest BCUT2D eigenvalue weighted by Crippen LogP contribution is -2.12. The van der Waals surface area contributed by atoms with Crippen LogP contribution in [-0.2, 0) is 0 Å². The molecule has 0 saturated carbocycles. The van der Waals surface area contributed by atoms with Crippen LogP contribution in [0.5, 0.6) is 0 Å². The summed E-state index contributed by atoms with van der Waals surface area (Å²) in [7, 11) is 0. The lowest BCUT2D eigenvalue weighted by molar-refractivity contribution is 0.969. The van der Waals surface area contributed by atoms with Gasteiger partial charge in [-0.25, -0.2) is 4.98 Å². The molecule has 1 aliphatic heterocycles. The molecule has 0 fully saturated rings. The average Bonchev–Trinajstić information content (AvgIpc) is 2.52. The van der Waals surface area contributed by atoms with Crippen molar-refractivity contribution in [2.75, 3.05) is 5.73 Å². The van der Waals surface area contributed by atoms with Crippen LogP contribution < -0.4 is 11.3 Å². The Morgan fingerprint density at radius 2 is 2.14 bits per heavy atom. The summed E-state index contributed by atoms with van der Waals surface area (Å²) in [5, 5.41) is 0. The zero-order chi connectivity index (χ0) is 10.7. The molecule has 0 spiro atoms. The van der Waals surface area contributed by atoms with Gasteiger partial charge in [-0.2, -0.15) is 0 Å². The van der Waals surface area contributed by atoms with Gasteiger partial charge in [0.2, 0.25) is 5.95 Å². The summed E-state index contributed by atoms with van der Waals surface area (Å²) >= 11 is 0. The first-order valence-corrected chi connectivity index (χ1v) is 4.62. The molecule has 1 unspecified atom stereocenters. The Hall–Kier alpha value is -1.65. The van der Waals surface area contributed by atoms with Gasteiger partial charge < -0.3 is 5.73 Å². The number of nitrogens with zero attached hydrogens (tertiary/aromatic N) is 2. The Morgan fingerprint density at radius 1 is 1.50 bits per heavy atom. The van der Waals surface area contributed by atoms with Crippen molar-refractivity contribution in [3.05, 3.63) is 16.0 Å². The first-order chi connectivity index (χ1) is 6.68. The maximum atomic E-state index is 11.2. The summed E-state index contributed by atoms with van der Waals surface area (Å²) in [5.41, 5.74) is 6.16. The molecule has 3 N–H and O–H groups in total. The Balaban J connectivity index is 0.000000461. The van der Waals surface area contributed by atoms with Gasteiger partial charge in [0.1, 0.15) is 5.69 Å². The standard InChI is InChI=1S/C7H8N4O.C2H6/c1-3-2-9-5-4(3)10-7(8)11-6(5)12;1-2/h2-3H,1H3,(H3,8,10,11,12);1-2H3. The molecule has 76 valence electrons. The molecule has 1 atom stereocenters. The number of nitrogen functional groups attached to an aromatic ring is 1. The Bertz CT molecular complexity index is 408. The lowest BCUT2D eigenvalue weighted by atomic mass is 10.1. The molecule has 1 aromatic heterocycles. The summed E-state index contributed by atoms with van der Waals surface area (Å²) in [4.78, 5) is 21.5. The van der Waals surface area contributed by atoms with Gasteiger partial charge in [-0.05, 0) is 0 Å². The van der Waals surface area contributed by atoms with Crippen molar-refractivity contribution < 1.29 is 0 Å². The molecule has 1 aromatic rings. The Kier molecular flexibility index (Phi) is 3.01. The predicted molar refractivity (Wildman–Crippen MR) is 57.2 cm³/mol. The Labute approximate surface area is 82.1 Å². The minimum absolute atomic E-state index is 0.0876. The van der Waals surface area contributed by atoms with Crippen LogP contribution in [0.25, 0.3) is 0 Å². The maximum Gasteiger partial charge on any atom is 0.278 e. The van der Waals surface area contributed by atoms with Gasteiger partial charge in [-0.3, -0.25) is 14.8 Å². The highest BCUT2D eigenvalue weighted by atomic mass is 16.1. The second-order valence-corrected chi connectivity index (χ2v) is 2.75. The van der Waals surface area contributed by atoms with E-state index in [1.165, 1.54) is 0 Å². The van der Waals surface area contributed by atoms with E-state index in [1.54, 1.807) is 6.21 Å². The predicted octanol–water partition coefficient (Wildman–Crippen LogP) is 1.20. The summed E-state index contributed by atoms with van der Waals surface area (Å²) in [6, 6.07) is 0. The topological polar surface area (TPSA) is 84.1 Å². The largest absolute Gasteiger partial charge is 0.369 e. The van der Waals surface area contributed by atoms with Gasteiger partial charge in [-0.15, -0.1) is 0 Å². The molecule has 0 radical (unpaired) electrons. The van der Waals surface area contributed by atoms with E-state index in [1.807, 2.05) is 20.8 Å². The number of nitrogens with two attached hydrogens (primary N) is 1. The van der Waals surface area contributed by atoms with E-state index < -0.39 is 0 Å². The van der Waals surface area contributed by atoms with Crippen molar-refractivity contribution in [3.63, 3.8) is 0 Å². The number of H-pyrrole nitrogens is 1. The molecule has 2 heterocycles. The maximum absolute atomic E-state index is 11.2. The van der Waals surface area contributed by atoms with Crippen molar-refractivity contribution >= 4 is 17.9 Å². The molecule has 0 aromatic carbocycles. The van der Waals surface area contributed by atoms with Crippen LogP contribution in [-0.4, -0.2) is 16.2 Å². The fourth-order valence-electron chi connectivity index (χ4n) is 1.20. The molecule has 5 heteroatoms. The number of aromatic nitrogens is 2. The van der Waals surface area contributed by atoms with Crippen LogP contribution in [0, 0.1) is 0 Å². The van der Waals surface area contributed by atoms with E-state index in [0.29, 0.717) is 11.4 Å². The molecule has 0 bridgehead atoms. The van der Waals surface area contributed by atoms with E-state index in [-0.39, 0.29) is 17.4 Å². The molecule has 2 rings (SSSR count). The molecular weight excluding hydrogens is 180 g/mol. The number of hydrogen-bond acceptors (Lipinski definition) is 4. The van der Waals surface area contributed by atoms with E-state index in [4.69, 9.17) is 5.73 Å². The normalized spacial score (nSPS) is 17.2. The summed E-state index contributed by atoms with van der Waals surface area (Å²) < 4.78 is 0. The molecule has 5 nitrogen and oxygen atoms in total. The smallest absolute Gasteiger partial charge is 0.278 e. The summed E-state index contributed by atoms with van der Waals surface area (Å²) in [6.07, 6.45) is 1.69. The highest BCUT2D eigenvalue weighted by molar-refractivity contribution is 5.78. The van der Waals surface area contributed by atoms with E-state index in [2.05, 4.69) is 15.0 Å². The van der Waals surface area contributed by atoms with Crippen LogP contribution in [0.2, 0.25) is 0 Å². The number of aromatic amines is 1. The molecule has 0 aliphatic carbocycles. The summed E-state index contributed by atoms with van der Waals surface area (Å²) in [6.45, 7) is 5.92. The molecule has 0 saturated heterocycles. The van der Waals surface area contributed by atoms with Crippen LogP contribution in [0.1, 0.15) is 32.4 Å². The second kappa shape index (κ2) is 4.04. The van der Waals surface area contributed by atoms with Crippen molar-refractivity contribution in [1.82, 2.24) is 9.97 Å². The van der Waals surface area contributed by atoms with E-state index in [9.17, 15) is 4.79 Å². The van der Waals surface area contributed by atoms with Gasteiger partial charge in [0.15, 0.2) is 0 Å². The highest BCUT2D eigenvalue weighted by Gasteiger charge is 2.19. The molecule has 0 amide bonds. The first-order valence-electron chi connectivity index (χ1n) is 4.62. The van der Waals surface area contributed by atoms with Crippen molar-refractivity contribution in [3.8, 4) is 0 Å². The molecular formula is C9H14N4O. The number of rotatable bonds is 0. The number of anilines is 1. The third-order valence-electron chi connectivity index (χ3n) is 1.80. The van der Waals surface area contributed by atoms with Gasteiger partial charge in [-0.1, -0.05) is 20.8 Å². The first kappa shape index (κ1) is 10.4. The second-order valence-electron chi connectivity index (χ2n) is 2.75. The zero-order valence-corrected chi connectivity index (χ0v) is 8.53. The zero-order valence-electron chi connectivity index (χ0n) is 8.53. The van der Waals surface area contributed by atoms with Gasteiger partial charge in [0, 0.05) is 12.1 Å². The number of aliphatic imine (C=N–C) groups is 1. The minimum atomic E-state index is -0.266.